The van der Waals surface area contributed by atoms with Crippen LogP contribution in [0.4, 0.5) is 5.69 Å². The van der Waals surface area contributed by atoms with Gasteiger partial charge in [-0.25, -0.2) is 0 Å². The molecule has 0 radical (unpaired) electrons. The lowest BCUT2D eigenvalue weighted by Crippen LogP contribution is -2.23. The maximum absolute atomic E-state index is 12.4. The lowest BCUT2D eigenvalue weighted by molar-refractivity contribution is -0.121. The molecule has 0 unspecified atom stereocenters. The van der Waals surface area contributed by atoms with Gasteiger partial charge in [-0.15, -0.1) is 0 Å². The predicted octanol–water partition coefficient (Wildman–Crippen LogP) is 3.84. The number of carbonyl (C=O) groups excluding carboxylic acids is 2. The van der Waals surface area contributed by atoms with Crippen molar-refractivity contribution in [2.24, 2.45) is 5.92 Å². The summed E-state index contributed by atoms with van der Waals surface area (Å²) in [6.45, 7) is 5.34. The standard InChI is InChI=1S/C18H19NO3/c1-12(2)17(20)16(11-15-10-9-13(3)22-15)18(21)19-14-7-5-4-6-8-14/h4-12H,1-3H3,(H,19,21)/b16-11-. The normalized spacial score (nSPS) is 11.5. The molecular weight excluding hydrogens is 278 g/mol. The highest BCUT2D eigenvalue weighted by Crippen LogP contribution is 2.17. The van der Waals surface area contributed by atoms with Gasteiger partial charge in [0.05, 0.1) is 5.57 Å². The van der Waals surface area contributed by atoms with E-state index in [2.05, 4.69) is 5.32 Å². The third kappa shape index (κ3) is 3.95. The number of rotatable bonds is 5. The van der Waals surface area contributed by atoms with Gasteiger partial charge in [-0.3, -0.25) is 9.59 Å². The number of ketones is 1. The number of carbonyl (C=O) groups is 2. The molecule has 0 bridgehead atoms. The van der Waals surface area contributed by atoms with E-state index >= 15 is 0 Å². The Labute approximate surface area is 129 Å². The minimum Gasteiger partial charge on any atom is -0.462 e. The molecule has 0 spiro atoms. The number of para-hydroxylation sites is 1. The maximum atomic E-state index is 12.4. The van der Waals surface area contributed by atoms with Crippen LogP contribution in [0.1, 0.15) is 25.4 Å². The molecule has 2 aromatic rings. The molecule has 2 rings (SSSR count). The molecule has 0 aliphatic rings. The fourth-order valence-corrected chi connectivity index (χ4v) is 1.95. The number of hydrogen-bond acceptors (Lipinski definition) is 3. The molecule has 4 heteroatoms. The predicted molar refractivity (Wildman–Crippen MR) is 86.3 cm³/mol. The molecule has 1 N–H and O–H groups in total. The third-order valence-electron chi connectivity index (χ3n) is 3.11. The van der Waals surface area contributed by atoms with Crippen molar-refractivity contribution in [1.29, 1.82) is 0 Å². The zero-order valence-electron chi connectivity index (χ0n) is 12.9. The molecule has 0 fully saturated rings. The first-order valence-electron chi connectivity index (χ1n) is 7.16. The molecule has 114 valence electrons. The van der Waals surface area contributed by atoms with E-state index in [0.717, 1.165) is 5.76 Å². The summed E-state index contributed by atoms with van der Waals surface area (Å²) >= 11 is 0. The minimum absolute atomic E-state index is 0.0909. The van der Waals surface area contributed by atoms with Gasteiger partial charge in [0, 0.05) is 11.6 Å². The Morgan fingerprint density at radius 2 is 1.77 bits per heavy atom. The Hall–Kier alpha value is -2.62. The van der Waals surface area contributed by atoms with E-state index in [1.807, 2.05) is 25.1 Å². The Morgan fingerprint density at radius 1 is 1.09 bits per heavy atom. The van der Waals surface area contributed by atoms with Gasteiger partial charge in [-0.2, -0.15) is 0 Å². The molecular formula is C18H19NO3. The summed E-state index contributed by atoms with van der Waals surface area (Å²) in [5.41, 5.74) is 0.735. The van der Waals surface area contributed by atoms with E-state index in [1.54, 1.807) is 38.1 Å². The highest BCUT2D eigenvalue weighted by molar-refractivity contribution is 6.26. The van der Waals surface area contributed by atoms with Gasteiger partial charge in [-0.1, -0.05) is 32.0 Å². The first-order chi connectivity index (χ1) is 10.5. The molecule has 0 saturated heterocycles. The highest BCUT2D eigenvalue weighted by atomic mass is 16.3. The highest BCUT2D eigenvalue weighted by Gasteiger charge is 2.21. The molecule has 1 aromatic heterocycles. The summed E-state index contributed by atoms with van der Waals surface area (Å²) in [5, 5.41) is 2.74. The number of anilines is 1. The number of furan rings is 1. The lowest BCUT2D eigenvalue weighted by Gasteiger charge is -2.10. The van der Waals surface area contributed by atoms with Crippen LogP contribution in [0.25, 0.3) is 6.08 Å². The van der Waals surface area contributed by atoms with Crippen molar-refractivity contribution in [2.45, 2.75) is 20.8 Å². The summed E-state index contributed by atoms with van der Waals surface area (Å²) in [6, 6.07) is 12.6. The van der Waals surface area contributed by atoms with Crippen molar-refractivity contribution < 1.29 is 14.0 Å². The first-order valence-corrected chi connectivity index (χ1v) is 7.16. The second kappa shape index (κ2) is 6.89. The van der Waals surface area contributed by atoms with Crippen LogP contribution in [0.5, 0.6) is 0 Å². The lowest BCUT2D eigenvalue weighted by atomic mass is 9.99. The zero-order valence-corrected chi connectivity index (χ0v) is 12.9. The van der Waals surface area contributed by atoms with Crippen LogP contribution < -0.4 is 5.32 Å². The molecule has 1 amide bonds. The summed E-state index contributed by atoms with van der Waals surface area (Å²) < 4.78 is 5.44. The quantitative estimate of drug-likeness (QED) is 0.518. The fourth-order valence-electron chi connectivity index (χ4n) is 1.95. The van der Waals surface area contributed by atoms with Crippen LogP contribution in [-0.4, -0.2) is 11.7 Å². The monoisotopic (exact) mass is 297 g/mol. The van der Waals surface area contributed by atoms with Crippen molar-refractivity contribution in [3.05, 3.63) is 59.6 Å². The SMILES string of the molecule is Cc1ccc(/C=C(\C(=O)Nc2ccccc2)C(=O)C(C)C)o1. The average Bonchev–Trinajstić information content (AvgIpc) is 2.90. The molecule has 0 atom stereocenters. The number of hydrogen-bond donors (Lipinski definition) is 1. The molecule has 1 aromatic carbocycles. The van der Waals surface area contributed by atoms with Crippen LogP contribution in [-0.2, 0) is 9.59 Å². The van der Waals surface area contributed by atoms with Crippen molar-refractivity contribution in [1.82, 2.24) is 0 Å². The number of benzene rings is 1. The van der Waals surface area contributed by atoms with Crippen LogP contribution in [0.3, 0.4) is 0 Å². The van der Waals surface area contributed by atoms with Gasteiger partial charge in [0.1, 0.15) is 11.5 Å². The van der Waals surface area contributed by atoms with Crippen molar-refractivity contribution in [3.8, 4) is 0 Å². The largest absolute Gasteiger partial charge is 0.462 e. The average molecular weight is 297 g/mol. The van der Waals surface area contributed by atoms with Crippen LogP contribution in [0.2, 0.25) is 0 Å². The summed E-state index contributed by atoms with van der Waals surface area (Å²) in [4.78, 5) is 24.7. The Kier molecular flexibility index (Phi) is 4.94. The smallest absolute Gasteiger partial charge is 0.259 e. The molecule has 0 aliphatic carbocycles. The second-order valence-electron chi connectivity index (χ2n) is 5.35. The van der Waals surface area contributed by atoms with E-state index in [-0.39, 0.29) is 17.3 Å². The fraction of sp³-hybridized carbons (Fsp3) is 0.222. The van der Waals surface area contributed by atoms with Gasteiger partial charge in [0.15, 0.2) is 5.78 Å². The molecule has 0 aliphatic heterocycles. The summed E-state index contributed by atoms with van der Waals surface area (Å²) in [5.74, 6) is 0.293. The van der Waals surface area contributed by atoms with Crippen molar-refractivity contribution in [2.75, 3.05) is 5.32 Å². The van der Waals surface area contributed by atoms with E-state index in [4.69, 9.17) is 4.42 Å². The van der Waals surface area contributed by atoms with Gasteiger partial charge in [0.2, 0.25) is 0 Å². The maximum Gasteiger partial charge on any atom is 0.259 e. The van der Waals surface area contributed by atoms with Crippen LogP contribution in [0.15, 0.2) is 52.5 Å². The van der Waals surface area contributed by atoms with Crippen LogP contribution in [0, 0.1) is 12.8 Å². The Balaban J connectivity index is 2.30. The number of amides is 1. The Morgan fingerprint density at radius 3 is 2.32 bits per heavy atom. The van der Waals surface area contributed by atoms with Crippen molar-refractivity contribution >= 4 is 23.5 Å². The summed E-state index contributed by atoms with van der Waals surface area (Å²) in [7, 11) is 0. The molecule has 4 nitrogen and oxygen atoms in total. The second-order valence-corrected chi connectivity index (χ2v) is 5.35. The first kappa shape index (κ1) is 15.8. The molecule has 22 heavy (non-hydrogen) atoms. The van der Waals surface area contributed by atoms with E-state index in [0.29, 0.717) is 11.4 Å². The van der Waals surface area contributed by atoms with E-state index in [9.17, 15) is 9.59 Å². The molecule has 1 heterocycles. The van der Waals surface area contributed by atoms with Crippen molar-refractivity contribution in [3.63, 3.8) is 0 Å². The third-order valence-corrected chi connectivity index (χ3v) is 3.11. The topological polar surface area (TPSA) is 59.3 Å². The van der Waals surface area contributed by atoms with E-state index < -0.39 is 5.91 Å². The number of nitrogens with one attached hydrogen (secondary N) is 1. The minimum atomic E-state index is -0.432. The van der Waals surface area contributed by atoms with Gasteiger partial charge < -0.3 is 9.73 Å². The zero-order chi connectivity index (χ0) is 16.1. The number of aryl methyl sites for hydroxylation is 1. The number of Topliss-reactive ketones (excluding diaryl/α,β-unsaturated/α-hetero) is 1. The van der Waals surface area contributed by atoms with Gasteiger partial charge in [-0.05, 0) is 37.3 Å². The van der Waals surface area contributed by atoms with Crippen LogP contribution >= 0.6 is 0 Å². The molecule has 0 saturated carbocycles. The van der Waals surface area contributed by atoms with Gasteiger partial charge >= 0.3 is 0 Å². The summed E-state index contributed by atoms with van der Waals surface area (Å²) in [6.07, 6.45) is 1.49. The van der Waals surface area contributed by atoms with E-state index in [1.165, 1.54) is 6.08 Å². The van der Waals surface area contributed by atoms with Gasteiger partial charge in [0.25, 0.3) is 5.91 Å². The Bertz CT molecular complexity index is 696.